The van der Waals surface area contributed by atoms with Crippen LogP contribution in [0.4, 0.5) is 4.39 Å². The van der Waals surface area contributed by atoms with Crippen LogP contribution in [0.25, 0.3) is 0 Å². The van der Waals surface area contributed by atoms with Gasteiger partial charge in [-0.3, -0.25) is 4.79 Å². The molecular formula is C17H16ClFO. The molecule has 0 radical (unpaired) electrons. The van der Waals surface area contributed by atoms with Gasteiger partial charge in [0.05, 0.1) is 10.6 Å². The van der Waals surface area contributed by atoms with Gasteiger partial charge >= 0.3 is 0 Å². The van der Waals surface area contributed by atoms with Crippen LogP contribution in [0.3, 0.4) is 0 Å². The van der Waals surface area contributed by atoms with Gasteiger partial charge in [-0.15, -0.1) is 0 Å². The molecule has 2 rings (SSSR count). The molecule has 0 fully saturated rings. The highest BCUT2D eigenvalue weighted by atomic mass is 35.5. The molecule has 104 valence electrons. The molecule has 3 heteroatoms. The number of carbonyl (C=O) groups is 1. The van der Waals surface area contributed by atoms with Crippen LogP contribution in [0.2, 0.25) is 5.02 Å². The zero-order chi connectivity index (χ0) is 15.0. The quantitative estimate of drug-likeness (QED) is 0.716. The Hall–Kier alpha value is -1.67. The lowest BCUT2D eigenvalue weighted by Crippen LogP contribution is -2.11. The van der Waals surface area contributed by atoms with E-state index in [1.807, 2.05) is 33.8 Å². The van der Waals surface area contributed by atoms with Crippen LogP contribution in [-0.2, 0) is 0 Å². The molecule has 0 N–H and O–H groups in total. The molecule has 1 nitrogen and oxygen atoms in total. The van der Waals surface area contributed by atoms with Crippen molar-refractivity contribution in [1.29, 1.82) is 0 Å². The summed E-state index contributed by atoms with van der Waals surface area (Å²) in [4.78, 5) is 12.7. The third kappa shape index (κ3) is 2.36. The Kier molecular flexibility index (Phi) is 3.96. The number of hydrogen-bond donors (Lipinski definition) is 0. The SMILES string of the molecule is Cc1cc(C)c(C)c(C(=O)c2c(F)cccc2Cl)c1C. The first-order chi connectivity index (χ1) is 9.34. The number of carbonyl (C=O) groups excluding carboxylic acids is 1. The van der Waals surface area contributed by atoms with Crippen LogP contribution in [0, 0.1) is 33.5 Å². The topological polar surface area (TPSA) is 17.1 Å². The fourth-order valence-corrected chi connectivity index (χ4v) is 2.65. The first kappa shape index (κ1) is 14.7. The highest BCUT2D eigenvalue weighted by Gasteiger charge is 2.22. The average molecular weight is 291 g/mol. The number of halogens is 2. The van der Waals surface area contributed by atoms with Crippen molar-refractivity contribution >= 4 is 17.4 Å². The largest absolute Gasteiger partial charge is 0.288 e. The third-order valence-corrected chi connectivity index (χ3v) is 4.10. The summed E-state index contributed by atoms with van der Waals surface area (Å²) in [5, 5.41) is 0.146. The van der Waals surface area contributed by atoms with E-state index in [4.69, 9.17) is 11.6 Å². The lowest BCUT2D eigenvalue weighted by molar-refractivity contribution is 0.103. The van der Waals surface area contributed by atoms with Crippen LogP contribution in [0.15, 0.2) is 24.3 Å². The fourth-order valence-electron chi connectivity index (χ4n) is 2.40. The molecule has 0 spiro atoms. The van der Waals surface area contributed by atoms with E-state index in [1.165, 1.54) is 18.2 Å². The highest BCUT2D eigenvalue weighted by molar-refractivity contribution is 6.35. The van der Waals surface area contributed by atoms with Crippen molar-refractivity contribution in [2.45, 2.75) is 27.7 Å². The zero-order valence-corrected chi connectivity index (χ0v) is 12.7. The van der Waals surface area contributed by atoms with E-state index in [-0.39, 0.29) is 16.4 Å². The van der Waals surface area contributed by atoms with Crippen LogP contribution in [0.5, 0.6) is 0 Å². The van der Waals surface area contributed by atoms with Crippen LogP contribution >= 0.6 is 11.6 Å². The van der Waals surface area contributed by atoms with Crippen molar-refractivity contribution < 1.29 is 9.18 Å². The monoisotopic (exact) mass is 290 g/mol. The van der Waals surface area contributed by atoms with Crippen LogP contribution in [0.1, 0.15) is 38.2 Å². The van der Waals surface area contributed by atoms with Crippen molar-refractivity contribution in [1.82, 2.24) is 0 Å². The Labute approximate surface area is 123 Å². The van der Waals surface area contributed by atoms with Crippen molar-refractivity contribution in [3.63, 3.8) is 0 Å². The summed E-state index contributed by atoms with van der Waals surface area (Å²) in [5.74, 6) is -0.935. The van der Waals surface area contributed by atoms with E-state index in [0.717, 1.165) is 22.3 Å². The summed E-state index contributed by atoms with van der Waals surface area (Å²) >= 11 is 6.00. The van der Waals surface area contributed by atoms with Crippen molar-refractivity contribution in [3.8, 4) is 0 Å². The molecule has 20 heavy (non-hydrogen) atoms. The zero-order valence-electron chi connectivity index (χ0n) is 12.0. The van der Waals surface area contributed by atoms with E-state index in [0.29, 0.717) is 5.56 Å². The van der Waals surface area contributed by atoms with Gasteiger partial charge in [0.1, 0.15) is 5.82 Å². The summed E-state index contributed by atoms with van der Waals surface area (Å²) in [5.41, 5.74) is 4.28. The molecule has 0 atom stereocenters. The molecule has 2 aromatic carbocycles. The number of ketones is 1. The Bertz CT molecular complexity index is 658. The molecule has 0 saturated heterocycles. The van der Waals surface area contributed by atoms with Crippen LogP contribution in [-0.4, -0.2) is 5.78 Å². The molecular weight excluding hydrogens is 275 g/mol. The van der Waals surface area contributed by atoms with Crippen molar-refractivity contribution in [2.75, 3.05) is 0 Å². The summed E-state index contributed by atoms with van der Waals surface area (Å²) in [7, 11) is 0. The van der Waals surface area contributed by atoms with E-state index < -0.39 is 5.82 Å². The Balaban J connectivity index is 2.72. The second-order valence-corrected chi connectivity index (χ2v) is 5.47. The van der Waals surface area contributed by atoms with Crippen molar-refractivity contribution in [3.05, 3.63) is 68.5 Å². The summed E-state index contributed by atoms with van der Waals surface area (Å²) in [6.07, 6.45) is 0. The van der Waals surface area contributed by atoms with E-state index in [9.17, 15) is 9.18 Å². The minimum Gasteiger partial charge on any atom is -0.288 e. The molecule has 0 amide bonds. The number of aryl methyl sites for hydroxylation is 2. The molecule has 0 bridgehead atoms. The predicted octanol–water partition coefficient (Wildman–Crippen LogP) is 4.94. The summed E-state index contributed by atoms with van der Waals surface area (Å²) < 4.78 is 13.9. The second kappa shape index (κ2) is 5.37. The highest BCUT2D eigenvalue weighted by Crippen LogP contribution is 2.28. The number of rotatable bonds is 2. The van der Waals surface area contributed by atoms with Crippen molar-refractivity contribution in [2.24, 2.45) is 0 Å². The van der Waals surface area contributed by atoms with E-state index >= 15 is 0 Å². The maximum absolute atomic E-state index is 13.9. The van der Waals surface area contributed by atoms with Gasteiger partial charge in [-0.2, -0.15) is 0 Å². The van der Waals surface area contributed by atoms with Gasteiger partial charge in [0, 0.05) is 5.56 Å². The molecule has 0 saturated carbocycles. The first-order valence-corrected chi connectivity index (χ1v) is 6.78. The number of benzene rings is 2. The van der Waals surface area contributed by atoms with Gasteiger partial charge < -0.3 is 0 Å². The molecule has 0 aliphatic carbocycles. The maximum Gasteiger partial charge on any atom is 0.198 e. The molecule has 0 aromatic heterocycles. The van der Waals surface area contributed by atoms with Gasteiger partial charge in [0.25, 0.3) is 0 Å². The molecule has 0 aliphatic rings. The minimum atomic E-state index is -0.583. The van der Waals surface area contributed by atoms with E-state index in [2.05, 4.69) is 0 Å². The van der Waals surface area contributed by atoms with Gasteiger partial charge in [-0.05, 0) is 62.1 Å². The van der Waals surface area contributed by atoms with Crippen LogP contribution < -0.4 is 0 Å². The smallest absolute Gasteiger partial charge is 0.198 e. The van der Waals surface area contributed by atoms with Gasteiger partial charge in [0.2, 0.25) is 0 Å². The van der Waals surface area contributed by atoms with Gasteiger partial charge in [-0.25, -0.2) is 4.39 Å². The lowest BCUT2D eigenvalue weighted by Gasteiger charge is -2.15. The average Bonchev–Trinajstić information content (AvgIpc) is 2.36. The lowest BCUT2D eigenvalue weighted by atomic mass is 9.89. The second-order valence-electron chi connectivity index (χ2n) is 5.06. The third-order valence-electron chi connectivity index (χ3n) is 3.78. The fraction of sp³-hybridized carbons (Fsp3) is 0.235. The number of hydrogen-bond acceptors (Lipinski definition) is 1. The first-order valence-electron chi connectivity index (χ1n) is 6.40. The van der Waals surface area contributed by atoms with Gasteiger partial charge in [-0.1, -0.05) is 23.7 Å². The molecule has 0 unspecified atom stereocenters. The maximum atomic E-state index is 13.9. The minimum absolute atomic E-state index is 0.0506. The molecule has 0 aliphatic heterocycles. The standard InChI is InChI=1S/C17H16ClFO/c1-9-8-10(2)12(4)15(11(9)3)17(20)16-13(18)6-5-7-14(16)19/h5-8H,1-4H3. The van der Waals surface area contributed by atoms with Gasteiger partial charge in [0.15, 0.2) is 5.78 Å². The Morgan fingerprint density at radius 1 is 1.00 bits per heavy atom. The molecule has 2 aromatic rings. The summed E-state index contributed by atoms with van der Waals surface area (Å²) in [6.45, 7) is 7.65. The summed E-state index contributed by atoms with van der Waals surface area (Å²) in [6, 6.07) is 6.32. The predicted molar refractivity (Wildman–Crippen MR) is 80.2 cm³/mol. The Morgan fingerprint density at radius 3 is 2.05 bits per heavy atom. The van der Waals surface area contributed by atoms with E-state index in [1.54, 1.807) is 0 Å². The molecule has 0 heterocycles. The Morgan fingerprint density at radius 2 is 1.55 bits per heavy atom. The normalized spacial score (nSPS) is 10.7.